The summed E-state index contributed by atoms with van der Waals surface area (Å²) < 4.78 is 0. The predicted molar refractivity (Wildman–Crippen MR) is 43.2 cm³/mol. The molecule has 0 heterocycles. The summed E-state index contributed by atoms with van der Waals surface area (Å²) in [7, 11) is 1.78. The highest BCUT2D eigenvalue weighted by Crippen LogP contribution is 1.87. The molecule has 0 atom stereocenters. The molecule has 0 saturated carbocycles. The van der Waals surface area contributed by atoms with Crippen LogP contribution < -0.4 is 11.1 Å². The zero-order valence-electron chi connectivity index (χ0n) is 6.18. The van der Waals surface area contributed by atoms with E-state index < -0.39 is 0 Å². The van der Waals surface area contributed by atoms with Crippen LogP contribution in [0.4, 0.5) is 0 Å². The largest absolute Gasteiger partial charge is 0.394 e. The molecular weight excluding hydrogens is 128 g/mol. The molecule has 0 saturated heterocycles. The fraction of sp³-hybridized carbons (Fsp3) is 0.333. The normalized spacial score (nSPS) is 13.0. The Morgan fingerprint density at radius 2 is 2.30 bits per heavy atom. The second-order valence-electron chi connectivity index (χ2n) is 1.76. The molecule has 0 aromatic heterocycles. The Morgan fingerprint density at radius 1 is 1.70 bits per heavy atom. The van der Waals surface area contributed by atoms with Gasteiger partial charge >= 0.3 is 0 Å². The van der Waals surface area contributed by atoms with E-state index in [4.69, 9.17) is 11.1 Å². The Balaban J connectivity index is 4.19. The van der Waals surface area contributed by atoms with E-state index in [1.165, 1.54) is 0 Å². The molecule has 0 aliphatic rings. The van der Waals surface area contributed by atoms with Gasteiger partial charge in [-0.25, -0.2) is 4.99 Å². The van der Waals surface area contributed by atoms with Gasteiger partial charge in [-0.15, -0.1) is 0 Å². The van der Waals surface area contributed by atoms with Gasteiger partial charge in [0.2, 0.25) is 0 Å². The molecule has 0 amide bonds. The van der Waals surface area contributed by atoms with E-state index in [0.717, 1.165) is 11.9 Å². The van der Waals surface area contributed by atoms with Crippen molar-refractivity contribution in [1.29, 1.82) is 5.41 Å². The summed E-state index contributed by atoms with van der Waals surface area (Å²) in [6, 6.07) is 0. The van der Waals surface area contributed by atoms with Crippen molar-refractivity contribution in [2.45, 2.75) is 6.92 Å². The van der Waals surface area contributed by atoms with Gasteiger partial charge in [-0.3, -0.25) is 5.41 Å². The predicted octanol–water partition coefficient (Wildman–Crippen LogP) is 0.0739. The molecule has 0 aliphatic heterocycles. The highest BCUT2D eigenvalue weighted by Gasteiger charge is 1.91. The molecule has 0 unspecified atom stereocenters. The molecule has 4 nitrogen and oxygen atoms in total. The van der Waals surface area contributed by atoms with Crippen molar-refractivity contribution in [1.82, 2.24) is 5.32 Å². The van der Waals surface area contributed by atoms with Gasteiger partial charge in [0.15, 0.2) is 0 Å². The molecule has 10 heavy (non-hydrogen) atoms. The second kappa shape index (κ2) is 4.55. The van der Waals surface area contributed by atoms with Crippen LogP contribution in [0.15, 0.2) is 16.8 Å². The first-order valence-corrected chi connectivity index (χ1v) is 2.89. The van der Waals surface area contributed by atoms with E-state index in [0.29, 0.717) is 5.84 Å². The first kappa shape index (κ1) is 8.68. The average Bonchev–Trinajstić information content (AvgIpc) is 1.89. The third-order valence-electron chi connectivity index (χ3n) is 0.969. The maximum absolute atomic E-state index is 6.62. The molecule has 0 aliphatic carbocycles. The monoisotopic (exact) mass is 140 g/mol. The zero-order valence-corrected chi connectivity index (χ0v) is 6.18. The zero-order chi connectivity index (χ0) is 7.98. The van der Waals surface area contributed by atoms with E-state index >= 15 is 0 Å². The molecule has 0 fully saturated rings. The van der Waals surface area contributed by atoms with Gasteiger partial charge in [-0.2, -0.15) is 0 Å². The first-order chi connectivity index (χ1) is 4.72. The Bertz CT molecular complexity index is 169. The molecule has 4 N–H and O–H groups in total. The summed E-state index contributed by atoms with van der Waals surface area (Å²) in [5.41, 5.74) is 6.23. The number of aliphatic imine (C=N–C) groups is 1. The van der Waals surface area contributed by atoms with Crippen LogP contribution in [0.1, 0.15) is 6.92 Å². The SMILES string of the molecule is CN/C=C(\C)C(N)=NC=N. The molecular formula is C6H12N4. The Hall–Kier alpha value is -1.32. The summed E-state index contributed by atoms with van der Waals surface area (Å²) >= 11 is 0. The Labute approximate surface area is 60.3 Å². The summed E-state index contributed by atoms with van der Waals surface area (Å²) in [4.78, 5) is 3.57. The lowest BCUT2D eigenvalue weighted by Crippen LogP contribution is -2.14. The smallest absolute Gasteiger partial charge is 0.129 e. The van der Waals surface area contributed by atoms with Gasteiger partial charge in [0.05, 0.1) is 0 Å². The van der Waals surface area contributed by atoms with Crippen LogP contribution in [-0.4, -0.2) is 19.2 Å². The standard InChI is InChI=1S/C6H12N4/c1-5(3-9-2)6(8)10-4-7/h3-4,9H,1-2H3,(H3,7,8,10)/b5-3+. The Morgan fingerprint density at radius 3 is 2.70 bits per heavy atom. The minimum absolute atomic E-state index is 0.365. The lowest BCUT2D eigenvalue weighted by molar-refractivity contribution is 1.09. The summed E-state index contributed by atoms with van der Waals surface area (Å²) in [6.07, 6.45) is 2.64. The van der Waals surface area contributed by atoms with Gasteiger partial charge in [0.25, 0.3) is 0 Å². The molecule has 0 aromatic carbocycles. The molecule has 0 bridgehead atoms. The molecule has 0 aromatic rings. The van der Waals surface area contributed by atoms with Gasteiger partial charge < -0.3 is 11.1 Å². The molecule has 4 heteroatoms. The van der Waals surface area contributed by atoms with Crippen LogP contribution in [-0.2, 0) is 0 Å². The first-order valence-electron chi connectivity index (χ1n) is 2.89. The number of amidine groups is 1. The molecule has 0 spiro atoms. The molecule has 0 rings (SSSR count). The van der Waals surface area contributed by atoms with E-state index in [1.54, 1.807) is 13.2 Å². The highest BCUT2D eigenvalue weighted by molar-refractivity contribution is 5.99. The maximum atomic E-state index is 6.62. The van der Waals surface area contributed by atoms with Crippen molar-refractivity contribution < 1.29 is 0 Å². The van der Waals surface area contributed by atoms with Crippen molar-refractivity contribution in [3.63, 3.8) is 0 Å². The number of rotatable bonds is 3. The lowest BCUT2D eigenvalue weighted by Gasteiger charge is -1.96. The quantitative estimate of drug-likeness (QED) is 0.383. The number of nitrogens with zero attached hydrogens (tertiary/aromatic N) is 1. The van der Waals surface area contributed by atoms with Crippen molar-refractivity contribution >= 4 is 12.2 Å². The third-order valence-corrected chi connectivity index (χ3v) is 0.969. The highest BCUT2D eigenvalue weighted by atomic mass is 14.9. The fourth-order valence-corrected chi connectivity index (χ4v) is 0.462. The van der Waals surface area contributed by atoms with Crippen LogP contribution in [0, 0.1) is 5.41 Å². The van der Waals surface area contributed by atoms with Crippen molar-refractivity contribution in [3.8, 4) is 0 Å². The van der Waals surface area contributed by atoms with E-state index in [2.05, 4.69) is 10.3 Å². The molecule has 56 valence electrons. The summed E-state index contributed by atoms with van der Waals surface area (Å²) in [6.45, 7) is 1.82. The maximum Gasteiger partial charge on any atom is 0.129 e. The fourth-order valence-electron chi connectivity index (χ4n) is 0.462. The van der Waals surface area contributed by atoms with Gasteiger partial charge in [-0.05, 0) is 6.92 Å². The van der Waals surface area contributed by atoms with Gasteiger partial charge in [0, 0.05) is 18.8 Å². The van der Waals surface area contributed by atoms with Crippen molar-refractivity contribution in [2.75, 3.05) is 7.05 Å². The summed E-state index contributed by atoms with van der Waals surface area (Å²) in [5, 5.41) is 9.43. The number of hydrogen-bond donors (Lipinski definition) is 3. The van der Waals surface area contributed by atoms with Crippen LogP contribution in [0.25, 0.3) is 0 Å². The van der Waals surface area contributed by atoms with Crippen molar-refractivity contribution in [2.24, 2.45) is 10.7 Å². The van der Waals surface area contributed by atoms with Gasteiger partial charge in [-0.1, -0.05) is 0 Å². The number of hydrogen-bond acceptors (Lipinski definition) is 2. The van der Waals surface area contributed by atoms with Gasteiger partial charge in [0.1, 0.15) is 12.2 Å². The lowest BCUT2D eigenvalue weighted by atomic mass is 10.3. The van der Waals surface area contributed by atoms with Crippen LogP contribution in [0.2, 0.25) is 0 Å². The van der Waals surface area contributed by atoms with Crippen LogP contribution in [0.5, 0.6) is 0 Å². The van der Waals surface area contributed by atoms with E-state index in [9.17, 15) is 0 Å². The minimum atomic E-state index is 0.365. The van der Waals surface area contributed by atoms with Crippen LogP contribution in [0.3, 0.4) is 0 Å². The summed E-state index contributed by atoms with van der Waals surface area (Å²) in [5.74, 6) is 0.365. The Kier molecular flexibility index (Phi) is 3.95. The average molecular weight is 140 g/mol. The second-order valence-corrected chi connectivity index (χ2v) is 1.76. The number of nitrogens with two attached hydrogens (primary N) is 1. The van der Waals surface area contributed by atoms with Crippen LogP contribution >= 0.6 is 0 Å². The van der Waals surface area contributed by atoms with E-state index in [-0.39, 0.29) is 0 Å². The van der Waals surface area contributed by atoms with Crippen molar-refractivity contribution in [3.05, 3.63) is 11.8 Å². The topological polar surface area (TPSA) is 74.3 Å². The minimum Gasteiger partial charge on any atom is -0.394 e. The number of nitrogens with one attached hydrogen (secondary N) is 2. The van der Waals surface area contributed by atoms with E-state index in [1.807, 2.05) is 6.92 Å². The third kappa shape index (κ3) is 2.86. The molecule has 0 radical (unpaired) electrons.